The molecule has 5 rings (SSSR count). The van der Waals surface area contributed by atoms with Gasteiger partial charge in [0.2, 0.25) is 0 Å². The van der Waals surface area contributed by atoms with Crippen LogP contribution in [0.5, 0.6) is 0 Å². The van der Waals surface area contributed by atoms with Crippen molar-refractivity contribution in [3.05, 3.63) is 83.0 Å². The first-order chi connectivity index (χ1) is 20.4. The summed E-state index contributed by atoms with van der Waals surface area (Å²) >= 11 is 0. The second-order valence-corrected chi connectivity index (χ2v) is 11.1. The molecule has 1 saturated heterocycles. The van der Waals surface area contributed by atoms with Crippen LogP contribution < -0.4 is 16.5 Å². The summed E-state index contributed by atoms with van der Waals surface area (Å²) in [4.78, 5) is 22.5. The Morgan fingerprint density at radius 1 is 1.24 bits per heavy atom. The third-order valence-corrected chi connectivity index (χ3v) is 7.95. The number of nitrogens with zero attached hydrogens (tertiary/aromatic N) is 6. The summed E-state index contributed by atoms with van der Waals surface area (Å²) in [6.07, 6.45) is 14.1. The molecule has 0 aliphatic carbocycles. The molecule has 10 heteroatoms. The van der Waals surface area contributed by atoms with Crippen LogP contribution >= 0.6 is 0 Å². The lowest BCUT2D eigenvalue weighted by Crippen LogP contribution is -2.46. The zero-order chi connectivity index (χ0) is 29.6. The summed E-state index contributed by atoms with van der Waals surface area (Å²) in [5.41, 5.74) is 7.59. The lowest BCUT2D eigenvalue weighted by molar-refractivity contribution is 0.0951. The number of nitrogens with one attached hydrogen (secondary N) is 2. The summed E-state index contributed by atoms with van der Waals surface area (Å²) < 4.78 is 1.76. The van der Waals surface area contributed by atoms with Crippen LogP contribution in [0, 0.1) is 0 Å². The van der Waals surface area contributed by atoms with Gasteiger partial charge in [0.1, 0.15) is 5.82 Å². The molecular weight excluding hydrogens is 526 g/mol. The van der Waals surface area contributed by atoms with Crippen molar-refractivity contribution in [2.45, 2.75) is 26.7 Å². The van der Waals surface area contributed by atoms with E-state index in [2.05, 4.69) is 64.8 Å². The number of rotatable bonds is 10. The lowest BCUT2D eigenvalue weighted by Gasteiger charge is -2.34. The summed E-state index contributed by atoms with van der Waals surface area (Å²) in [6.45, 7) is 9.78. The number of hydrogen-bond donors (Lipinski definition) is 3. The molecule has 0 atom stereocenters. The number of carbonyl (C=O) groups excluding carboxylic acids is 1. The molecule has 5 heterocycles. The van der Waals surface area contributed by atoms with E-state index in [-0.39, 0.29) is 5.91 Å². The van der Waals surface area contributed by atoms with Gasteiger partial charge in [-0.05, 0) is 63.3 Å². The van der Waals surface area contributed by atoms with Gasteiger partial charge < -0.3 is 20.5 Å². The SMILES string of the molecule is C/C=C/C(=C1/CN(C)CCN1N)c1cnc2c(c1)C(c1ccn3ncc(C(=O)NCCN(C)CCCC)c3c1)=CCN2. The van der Waals surface area contributed by atoms with E-state index in [1.54, 1.807) is 10.7 Å². The van der Waals surface area contributed by atoms with Gasteiger partial charge in [-0.3, -0.25) is 9.69 Å². The van der Waals surface area contributed by atoms with Crippen LogP contribution in [0.25, 0.3) is 16.7 Å². The molecule has 0 aromatic carbocycles. The zero-order valence-corrected chi connectivity index (χ0v) is 25.2. The van der Waals surface area contributed by atoms with Gasteiger partial charge in [-0.25, -0.2) is 15.3 Å². The summed E-state index contributed by atoms with van der Waals surface area (Å²) in [6, 6.07) is 6.28. The summed E-state index contributed by atoms with van der Waals surface area (Å²) in [7, 11) is 4.20. The third-order valence-electron chi connectivity index (χ3n) is 7.95. The normalized spacial score (nSPS) is 17.0. The first-order valence-electron chi connectivity index (χ1n) is 14.9. The van der Waals surface area contributed by atoms with E-state index in [1.165, 1.54) is 0 Å². The van der Waals surface area contributed by atoms with Crippen LogP contribution in [0.3, 0.4) is 0 Å². The van der Waals surface area contributed by atoms with Crippen LogP contribution in [0.4, 0.5) is 5.82 Å². The Labute approximate surface area is 248 Å². The van der Waals surface area contributed by atoms with Gasteiger partial charge in [-0.2, -0.15) is 5.10 Å². The Balaban J connectivity index is 1.44. The van der Waals surface area contributed by atoms with Gasteiger partial charge in [-0.15, -0.1) is 0 Å². The maximum Gasteiger partial charge on any atom is 0.255 e. The molecule has 222 valence electrons. The molecule has 1 fully saturated rings. The highest BCUT2D eigenvalue weighted by Gasteiger charge is 2.23. The molecule has 4 N–H and O–H groups in total. The molecular formula is C32H43N9O. The van der Waals surface area contributed by atoms with Gasteiger partial charge in [-0.1, -0.05) is 31.6 Å². The number of fused-ring (bicyclic) bond motifs is 2. The van der Waals surface area contributed by atoms with E-state index in [1.807, 2.05) is 42.5 Å². The van der Waals surface area contributed by atoms with Gasteiger partial charge in [0.15, 0.2) is 0 Å². The van der Waals surface area contributed by atoms with Crippen LogP contribution in [0.15, 0.2) is 60.7 Å². The maximum absolute atomic E-state index is 13.1. The highest BCUT2D eigenvalue weighted by molar-refractivity contribution is 6.01. The number of piperazine rings is 1. The van der Waals surface area contributed by atoms with Crippen molar-refractivity contribution in [1.82, 2.24) is 34.7 Å². The molecule has 2 aliphatic rings. The smallest absolute Gasteiger partial charge is 0.255 e. The van der Waals surface area contributed by atoms with Crippen LogP contribution in [-0.4, -0.2) is 95.2 Å². The zero-order valence-electron chi connectivity index (χ0n) is 25.2. The molecule has 0 spiro atoms. The number of carbonyl (C=O) groups is 1. The van der Waals surface area contributed by atoms with Crippen molar-refractivity contribution in [3.8, 4) is 0 Å². The monoisotopic (exact) mass is 569 g/mol. The number of hydrazine groups is 1. The largest absolute Gasteiger partial charge is 0.366 e. The van der Waals surface area contributed by atoms with E-state index >= 15 is 0 Å². The topological polar surface area (TPSA) is 107 Å². The number of anilines is 1. The molecule has 3 aromatic heterocycles. The molecule has 0 saturated carbocycles. The number of pyridine rings is 2. The Morgan fingerprint density at radius 2 is 2.10 bits per heavy atom. The third kappa shape index (κ3) is 6.41. The maximum atomic E-state index is 13.1. The molecule has 0 unspecified atom stereocenters. The van der Waals surface area contributed by atoms with Crippen molar-refractivity contribution in [2.75, 3.05) is 65.2 Å². The highest BCUT2D eigenvalue weighted by Crippen LogP contribution is 2.35. The van der Waals surface area contributed by atoms with Crippen LogP contribution in [0.2, 0.25) is 0 Å². The first kappa shape index (κ1) is 29.5. The average Bonchev–Trinajstić information content (AvgIpc) is 3.43. The minimum atomic E-state index is -0.110. The predicted molar refractivity (Wildman–Crippen MR) is 170 cm³/mol. The van der Waals surface area contributed by atoms with E-state index in [0.717, 1.165) is 90.4 Å². The van der Waals surface area contributed by atoms with E-state index in [9.17, 15) is 4.79 Å². The average molecular weight is 570 g/mol. The quantitative estimate of drug-likeness (QED) is 0.319. The predicted octanol–water partition coefficient (Wildman–Crippen LogP) is 3.46. The highest BCUT2D eigenvalue weighted by atomic mass is 16.1. The molecule has 0 bridgehead atoms. The van der Waals surface area contributed by atoms with E-state index in [0.29, 0.717) is 18.7 Å². The van der Waals surface area contributed by atoms with Crippen molar-refractivity contribution < 1.29 is 4.79 Å². The number of unbranched alkanes of at least 4 members (excludes halogenated alkanes) is 1. The van der Waals surface area contributed by atoms with Gasteiger partial charge in [0, 0.05) is 68.4 Å². The van der Waals surface area contributed by atoms with Crippen molar-refractivity contribution in [3.63, 3.8) is 0 Å². The van der Waals surface area contributed by atoms with Gasteiger partial charge in [0.25, 0.3) is 5.91 Å². The van der Waals surface area contributed by atoms with Gasteiger partial charge >= 0.3 is 0 Å². The lowest BCUT2D eigenvalue weighted by atomic mass is 9.93. The van der Waals surface area contributed by atoms with E-state index in [4.69, 9.17) is 10.8 Å². The van der Waals surface area contributed by atoms with Crippen LogP contribution in [-0.2, 0) is 0 Å². The van der Waals surface area contributed by atoms with Crippen molar-refractivity contribution >= 4 is 28.4 Å². The number of nitrogens with two attached hydrogens (primary N) is 1. The summed E-state index contributed by atoms with van der Waals surface area (Å²) in [5.74, 6) is 7.17. The molecule has 1 amide bonds. The number of aromatic nitrogens is 3. The molecule has 42 heavy (non-hydrogen) atoms. The standard InChI is InChI=1S/C32H43N9O/c1-5-7-13-38(3)15-12-35-32(42)28-21-37-41-14-10-23(19-29(28)41)25-9-11-34-31-27(25)18-24(20-36-31)26(8-6-2)30-22-39(4)16-17-40(30)33/h6,8-10,14,18-21H,5,7,11-13,15-17,22,33H2,1-4H3,(H,34,36)(H,35,42)/b8-6+,30-26+. The number of amides is 1. The fourth-order valence-electron chi connectivity index (χ4n) is 5.51. The van der Waals surface area contributed by atoms with E-state index < -0.39 is 0 Å². The fraction of sp³-hybridized carbons (Fsp3) is 0.406. The molecule has 2 aliphatic heterocycles. The summed E-state index contributed by atoms with van der Waals surface area (Å²) in [5, 5.41) is 12.8. The first-order valence-corrected chi connectivity index (χ1v) is 14.9. The minimum Gasteiger partial charge on any atom is -0.366 e. The minimum absolute atomic E-state index is 0.110. The Kier molecular flexibility index (Phi) is 9.36. The molecule has 3 aromatic rings. The second kappa shape index (κ2) is 13.3. The van der Waals surface area contributed by atoms with Gasteiger partial charge in [0.05, 0.1) is 23.0 Å². The Hall–Kier alpha value is -3.99. The molecule has 10 nitrogen and oxygen atoms in total. The Morgan fingerprint density at radius 3 is 2.90 bits per heavy atom. The van der Waals surface area contributed by atoms with Crippen molar-refractivity contribution in [2.24, 2.45) is 5.84 Å². The second-order valence-electron chi connectivity index (χ2n) is 11.1. The Bertz CT molecular complexity index is 1520. The van der Waals surface area contributed by atoms with Crippen LogP contribution in [0.1, 0.15) is 53.7 Å². The molecule has 0 radical (unpaired) electrons. The fourth-order valence-corrected chi connectivity index (χ4v) is 5.51. The number of hydrogen-bond acceptors (Lipinski definition) is 8. The van der Waals surface area contributed by atoms with Crippen molar-refractivity contribution in [1.29, 1.82) is 0 Å². The number of allylic oxidation sites excluding steroid dienone is 3. The number of likely N-dealkylation sites (N-methyl/N-ethyl adjacent to an activating group) is 2.